The lowest BCUT2D eigenvalue weighted by atomic mass is 10.2. The van der Waals surface area contributed by atoms with Crippen LogP contribution in [-0.2, 0) is 0 Å². The summed E-state index contributed by atoms with van der Waals surface area (Å²) in [6, 6.07) is 5.21. The Balaban J connectivity index is 2.21. The second kappa shape index (κ2) is 7.23. The monoisotopic (exact) mass is 225 g/mol. The molecule has 2 nitrogen and oxygen atoms in total. The summed E-state index contributed by atoms with van der Waals surface area (Å²) in [6.07, 6.45) is 3.97. The van der Waals surface area contributed by atoms with E-state index in [1.54, 1.807) is 6.07 Å². The SMILES string of the molecule is Cc1ccc(NCCCCCCO)c(F)c1. The van der Waals surface area contributed by atoms with Crippen LogP contribution in [0.5, 0.6) is 0 Å². The summed E-state index contributed by atoms with van der Waals surface area (Å²) in [7, 11) is 0. The molecular weight excluding hydrogens is 205 g/mol. The smallest absolute Gasteiger partial charge is 0.146 e. The highest BCUT2D eigenvalue weighted by Crippen LogP contribution is 2.15. The zero-order valence-corrected chi connectivity index (χ0v) is 9.80. The predicted octanol–water partition coefficient (Wildman–Crippen LogP) is 3.10. The second-order valence-electron chi connectivity index (χ2n) is 4.05. The van der Waals surface area contributed by atoms with Gasteiger partial charge in [-0.3, -0.25) is 0 Å². The van der Waals surface area contributed by atoms with Gasteiger partial charge in [0.25, 0.3) is 0 Å². The van der Waals surface area contributed by atoms with Crippen LogP contribution < -0.4 is 5.32 Å². The fourth-order valence-electron chi connectivity index (χ4n) is 1.58. The Morgan fingerprint density at radius 2 is 1.94 bits per heavy atom. The topological polar surface area (TPSA) is 32.3 Å². The van der Waals surface area contributed by atoms with E-state index in [1.807, 2.05) is 13.0 Å². The molecule has 1 aromatic carbocycles. The van der Waals surface area contributed by atoms with Crippen molar-refractivity contribution >= 4 is 5.69 Å². The van der Waals surface area contributed by atoms with Crippen molar-refractivity contribution in [3.63, 3.8) is 0 Å². The number of benzene rings is 1. The molecule has 90 valence electrons. The van der Waals surface area contributed by atoms with Gasteiger partial charge in [-0.2, -0.15) is 0 Å². The lowest BCUT2D eigenvalue weighted by Gasteiger charge is -2.07. The van der Waals surface area contributed by atoms with Crippen LogP contribution in [0.3, 0.4) is 0 Å². The number of nitrogens with one attached hydrogen (secondary N) is 1. The molecule has 1 aromatic rings. The summed E-state index contributed by atoms with van der Waals surface area (Å²) in [5, 5.41) is 11.7. The first-order valence-corrected chi connectivity index (χ1v) is 5.85. The number of halogens is 1. The lowest BCUT2D eigenvalue weighted by Crippen LogP contribution is -2.03. The first-order chi connectivity index (χ1) is 7.74. The maximum absolute atomic E-state index is 13.4. The summed E-state index contributed by atoms with van der Waals surface area (Å²) in [5.74, 6) is -0.185. The molecule has 0 saturated carbocycles. The maximum Gasteiger partial charge on any atom is 0.146 e. The number of aliphatic hydroxyl groups excluding tert-OH is 1. The molecule has 0 unspecified atom stereocenters. The van der Waals surface area contributed by atoms with E-state index in [0.717, 1.165) is 37.8 Å². The molecule has 3 heteroatoms. The third-order valence-electron chi connectivity index (χ3n) is 2.52. The zero-order chi connectivity index (χ0) is 11.8. The average molecular weight is 225 g/mol. The first kappa shape index (κ1) is 13.0. The summed E-state index contributed by atoms with van der Waals surface area (Å²) in [4.78, 5) is 0. The molecular formula is C13H20FNO. The molecule has 1 rings (SSSR count). The highest BCUT2D eigenvalue weighted by molar-refractivity contribution is 5.45. The van der Waals surface area contributed by atoms with Crippen molar-refractivity contribution in [2.24, 2.45) is 0 Å². The Hall–Kier alpha value is -1.09. The molecule has 0 saturated heterocycles. The average Bonchev–Trinajstić information content (AvgIpc) is 2.26. The number of aliphatic hydroxyl groups is 1. The second-order valence-corrected chi connectivity index (χ2v) is 4.05. The van der Waals surface area contributed by atoms with Gasteiger partial charge in [0.1, 0.15) is 5.82 Å². The third-order valence-corrected chi connectivity index (χ3v) is 2.52. The molecule has 16 heavy (non-hydrogen) atoms. The van der Waals surface area contributed by atoms with Crippen molar-refractivity contribution in [2.45, 2.75) is 32.6 Å². The molecule has 2 N–H and O–H groups in total. The van der Waals surface area contributed by atoms with E-state index in [9.17, 15) is 4.39 Å². The van der Waals surface area contributed by atoms with E-state index in [0.29, 0.717) is 5.69 Å². The van der Waals surface area contributed by atoms with Gasteiger partial charge in [-0.25, -0.2) is 4.39 Å². The molecule has 0 heterocycles. The summed E-state index contributed by atoms with van der Waals surface area (Å²) >= 11 is 0. The Morgan fingerprint density at radius 3 is 2.62 bits per heavy atom. The van der Waals surface area contributed by atoms with Crippen LogP contribution in [0.25, 0.3) is 0 Å². The minimum absolute atomic E-state index is 0.185. The quantitative estimate of drug-likeness (QED) is 0.699. The van der Waals surface area contributed by atoms with Crippen molar-refractivity contribution in [1.82, 2.24) is 0 Å². The first-order valence-electron chi connectivity index (χ1n) is 5.85. The predicted molar refractivity (Wildman–Crippen MR) is 65.2 cm³/mol. The van der Waals surface area contributed by atoms with Crippen molar-refractivity contribution in [3.8, 4) is 0 Å². The van der Waals surface area contributed by atoms with Gasteiger partial charge in [0, 0.05) is 13.2 Å². The minimum Gasteiger partial charge on any atom is -0.396 e. The molecule has 0 radical (unpaired) electrons. The largest absolute Gasteiger partial charge is 0.396 e. The van der Waals surface area contributed by atoms with Gasteiger partial charge in [-0.15, -0.1) is 0 Å². The van der Waals surface area contributed by atoms with Crippen LogP contribution in [-0.4, -0.2) is 18.3 Å². The van der Waals surface area contributed by atoms with Gasteiger partial charge >= 0.3 is 0 Å². The number of unbranched alkanes of at least 4 members (excludes halogenated alkanes) is 3. The van der Waals surface area contributed by atoms with Crippen molar-refractivity contribution in [1.29, 1.82) is 0 Å². The van der Waals surface area contributed by atoms with Crippen molar-refractivity contribution in [3.05, 3.63) is 29.6 Å². The fourth-order valence-corrected chi connectivity index (χ4v) is 1.58. The molecule has 0 atom stereocenters. The van der Waals surface area contributed by atoms with E-state index in [1.165, 1.54) is 6.07 Å². The number of hydrogen-bond acceptors (Lipinski definition) is 2. The van der Waals surface area contributed by atoms with E-state index in [4.69, 9.17) is 5.11 Å². The molecule has 0 amide bonds. The van der Waals surface area contributed by atoms with Crippen molar-refractivity contribution < 1.29 is 9.50 Å². The number of anilines is 1. The molecule has 0 fully saturated rings. The van der Waals surface area contributed by atoms with Crippen LogP contribution in [0.1, 0.15) is 31.2 Å². The fraction of sp³-hybridized carbons (Fsp3) is 0.538. The molecule has 0 aliphatic heterocycles. The molecule has 0 bridgehead atoms. The Bertz CT molecular complexity index is 315. The van der Waals surface area contributed by atoms with Crippen LogP contribution in [0.15, 0.2) is 18.2 Å². The van der Waals surface area contributed by atoms with E-state index >= 15 is 0 Å². The number of hydrogen-bond donors (Lipinski definition) is 2. The molecule has 0 aliphatic rings. The summed E-state index contributed by atoms with van der Waals surface area (Å²) in [5.41, 5.74) is 1.51. The number of aryl methyl sites for hydroxylation is 1. The number of rotatable bonds is 7. The standard InChI is InChI=1S/C13H20FNO/c1-11-6-7-13(12(14)10-11)15-8-4-2-3-5-9-16/h6-7,10,15-16H,2-5,8-9H2,1H3. The highest BCUT2D eigenvalue weighted by atomic mass is 19.1. The lowest BCUT2D eigenvalue weighted by molar-refractivity contribution is 0.283. The van der Waals surface area contributed by atoms with Crippen LogP contribution in [0.4, 0.5) is 10.1 Å². The van der Waals surface area contributed by atoms with Gasteiger partial charge in [-0.1, -0.05) is 18.9 Å². The Labute approximate surface area is 96.5 Å². The van der Waals surface area contributed by atoms with Crippen molar-refractivity contribution in [2.75, 3.05) is 18.5 Å². The third kappa shape index (κ3) is 4.62. The van der Waals surface area contributed by atoms with E-state index < -0.39 is 0 Å². The Kier molecular flexibility index (Phi) is 5.86. The molecule has 0 aliphatic carbocycles. The van der Waals surface area contributed by atoms with Gasteiger partial charge in [0.15, 0.2) is 0 Å². The maximum atomic E-state index is 13.4. The zero-order valence-electron chi connectivity index (χ0n) is 9.80. The summed E-state index contributed by atoms with van der Waals surface area (Å²) in [6.45, 7) is 2.92. The van der Waals surface area contributed by atoms with Gasteiger partial charge in [0.05, 0.1) is 5.69 Å². The van der Waals surface area contributed by atoms with Crippen LogP contribution >= 0.6 is 0 Å². The van der Waals surface area contributed by atoms with Gasteiger partial charge in [-0.05, 0) is 37.5 Å². The van der Waals surface area contributed by atoms with Gasteiger partial charge < -0.3 is 10.4 Å². The summed E-state index contributed by atoms with van der Waals surface area (Å²) < 4.78 is 13.4. The highest BCUT2D eigenvalue weighted by Gasteiger charge is 2.00. The van der Waals surface area contributed by atoms with Crippen LogP contribution in [0, 0.1) is 12.7 Å². The van der Waals surface area contributed by atoms with Crippen LogP contribution in [0.2, 0.25) is 0 Å². The van der Waals surface area contributed by atoms with Gasteiger partial charge in [0.2, 0.25) is 0 Å². The molecule has 0 aromatic heterocycles. The Morgan fingerprint density at radius 1 is 1.19 bits per heavy atom. The van der Waals surface area contributed by atoms with E-state index in [-0.39, 0.29) is 12.4 Å². The molecule has 0 spiro atoms. The minimum atomic E-state index is -0.185. The van der Waals surface area contributed by atoms with E-state index in [2.05, 4.69) is 5.32 Å². The normalized spacial score (nSPS) is 10.4.